The van der Waals surface area contributed by atoms with Crippen molar-refractivity contribution in [3.05, 3.63) is 35.9 Å². The summed E-state index contributed by atoms with van der Waals surface area (Å²) >= 11 is 0. The Morgan fingerprint density at radius 2 is 2.15 bits per heavy atom. The van der Waals surface area contributed by atoms with Crippen molar-refractivity contribution in [2.75, 3.05) is 13.2 Å². The van der Waals surface area contributed by atoms with Gasteiger partial charge in [-0.25, -0.2) is 9.69 Å². The summed E-state index contributed by atoms with van der Waals surface area (Å²) in [4.78, 5) is 25.3. The molecule has 0 spiro atoms. The lowest BCUT2D eigenvalue weighted by Crippen LogP contribution is -2.43. The summed E-state index contributed by atoms with van der Waals surface area (Å²) in [6.07, 6.45) is 0.647. The standard InChI is InChI=1S/C15H20N2O3/c1-11(7-8-16)14(18)17-13(10-20-15(17)19)9-12-5-3-2-4-6-12/h2-6,11,13H,7-10,16H2,1H3/t11-,13-/m1/s1. The van der Waals surface area contributed by atoms with Gasteiger partial charge in [-0.1, -0.05) is 37.3 Å². The molecule has 108 valence electrons. The van der Waals surface area contributed by atoms with E-state index in [0.717, 1.165) is 5.56 Å². The molecule has 1 aliphatic rings. The van der Waals surface area contributed by atoms with Crippen LogP contribution in [0.5, 0.6) is 0 Å². The number of nitrogens with zero attached hydrogens (tertiary/aromatic N) is 1. The minimum Gasteiger partial charge on any atom is -0.447 e. The fourth-order valence-corrected chi connectivity index (χ4v) is 2.38. The molecular formula is C15H20N2O3. The molecule has 5 nitrogen and oxygen atoms in total. The number of benzene rings is 1. The Morgan fingerprint density at radius 1 is 1.45 bits per heavy atom. The Morgan fingerprint density at radius 3 is 2.80 bits per heavy atom. The molecule has 1 aliphatic heterocycles. The first-order valence-electron chi connectivity index (χ1n) is 6.87. The van der Waals surface area contributed by atoms with Crippen molar-refractivity contribution in [3.63, 3.8) is 0 Å². The highest BCUT2D eigenvalue weighted by Crippen LogP contribution is 2.20. The topological polar surface area (TPSA) is 72.6 Å². The quantitative estimate of drug-likeness (QED) is 0.885. The van der Waals surface area contributed by atoms with Gasteiger partial charge in [0.1, 0.15) is 6.61 Å². The Labute approximate surface area is 118 Å². The summed E-state index contributed by atoms with van der Waals surface area (Å²) in [5.41, 5.74) is 6.56. The Bertz CT molecular complexity index is 475. The van der Waals surface area contributed by atoms with Crippen LogP contribution in [0.4, 0.5) is 4.79 Å². The molecule has 0 aromatic heterocycles. The minimum atomic E-state index is -0.542. The third-order valence-corrected chi connectivity index (χ3v) is 3.53. The van der Waals surface area contributed by atoms with Gasteiger partial charge in [-0.05, 0) is 24.9 Å². The molecule has 2 N–H and O–H groups in total. The molecule has 1 aromatic carbocycles. The number of rotatable bonds is 5. The van der Waals surface area contributed by atoms with Crippen LogP contribution in [0.1, 0.15) is 18.9 Å². The van der Waals surface area contributed by atoms with Crippen LogP contribution >= 0.6 is 0 Å². The molecule has 20 heavy (non-hydrogen) atoms. The number of imide groups is 1. The molecule has 1 saturated heterocycles. The van der Waals surface area contributed by atoms with Gasteiger partial charge in [0.2, 0.25) is 5.91 Å². The lowest BCUT2D eigenvalue weighted by Gasteiger charge is -2.22. The molecule has 0 bridgehead atoms. The lowest BCUT2D eigenvalue weighted by atomic mass is 10.0. The molecule has 1 heterocycles. The second kappa shape index (κ2) is 6.52. The number of hydrogen-bond donors (Lipinski definition) is 1. The van der Waals surface area contributed by atoms with E-state index in [1.165, 1.54) is 4.90 Å². The van der Waals surface area contributed by atoms with Gasteiger partial charge in [-0.15, -0.1) is 0 Å². The maximum Gasteiger partial charge on any atom is 0.416 e. The van der Waals surface area contributed by atoms with Crippen molar-refractivity contribution in [2.45, 2.75) is 25.8 Å². The molecule has 2 rings (SSSR count). The van der Waals surface area contributed by atoms with Gasteiger partial charge < -0.3 is 10.5 Å². The molecule has 5 heteroatoms. The van der Waals surface area contributed by atoms with Crippen molar-refractivity contribution >= 4 is 12.0 Å². The Hall–Kier alpha value is -1.88. The predicted molar refractivity (Wildman–Crippen MR) is 75.0 cm³/mol. The number of amides is 2. The van der Waals surface area contributed by atoms with E-state index in [2.05, 4.69) is 0 Å². The first-order valence-corrected chi connectivity index (χ1v) is 6.87. The van der Waals surface area contributed by atoms with Crippen LogP contribution in [0.25, 0.3) is 0 Å². The maximum atomic E-state index is 12.3. The third kappa shape index (κ3) is 3.17. The molecule has 0 aliphatic carbocycles. The Balaban J connectivity index is 2.08. The van der Waals surface area contributed by atoms with Crippen LogP contribution in [0.2, 0.25) is 0 Å². The molecule has 0 unspecified atom stereocenters. The summed E-state index contributed by atoms with van der Waals surface area (Å²) < 4.78 is 5.03. The monoisotopic (exact) mass is 276 g/mol. The zero-order valence-electron chi connectivity index (χ0n) is 11.6. The molecule has 2 amide bonds. The van der Waals surface area contributed by atoms with Gasteiger partial charge in [-0.3, -0.25) is 4.79 Å². The summed E-state index contributed by atoms with van der Waals surface area (Å²) in [5, 5.41) is 0. The van der Waals surface area contributed by atoms with Gasteiger partial charge in [0.05, 0.1) is 6.04 Å². The summed E-state index contributed by atoms with van der Waals surface area (Å²) in [7, 11) is 0. The van der Waals surface area contributed by atoms with E-state index in [1.807, 2.05) is 30.3 Å². The summed E-state index contributed by atoms with van der Waals surface area (Å²) in [6.45, 7) is 2.48. The highest BCUT2D eigenvalue weighted by atomic mass is 16.6. The smallest absolute Gasteiger partial charge is 0.416 e. The third-order valence-electron chi connectivity index (χ3n) is 3.53. The van der Waals surface area contributed by atoms with Crippen LogP contribution in [0.3, 0.4) is 0 Å². The first-order chi connectivity index (χ1) is 9.63. The first kappa shape index (κ1) is 14.5. The van der Waals surface area contributed by atoms with Crippen molar-refractivity contribution in [2.24, 2.45) is 11.7 Å². The number of ether oxygens (including phenoxy) is 1. The van der Waals surface area contributed by atoms with E-state index in [0.29, 0.717) is 19.4 Å². The van der Waals surface area contributed by atoms with Gasteiger partial charge in [0, 0.05) is 5.92 Å². The van der Waals surface area contributed by atoms with E-state index >= 15 is 0 Å². The molecule has 0 saturated carbocycles. The normalized spacial score (nSPS) is 19.8. The van der Waals surface area contributed by atoms with Gasteiger partial charge >= 0.3 is 6.09 Å². The van der Waals surface area contributed by atoms with Crippen molar-refractivity contribution in [1.82, 2.24) is 4.90 Å². The second-order valence-electron chi connectivity index (χ2n) is 5.11. The van der Waals surface area contributed by atoms with Crippen LogP contribution < -0.4 is 5.73 Å². The number of nitrogens with two attached hydrogens (primary N) is 1. The fraction of sp³-hybridized carbons (Fsp3) is 0.467. The van der Waals surface area contributed by atoms with E-state index in [4.69, 9.17) is 10.5 Å². The highest BCUT2D eigenvalue weighted by Gasteiger charge is 2.39. The Kier molecular flexibility index (Phi) is 4.74. The molecule has 1 aromatic rings. The van der Waals surface area contributed by atoms with Gasteiger partial charge in [0.15, 0.2) is 0 Å². The van der Waals surface area contributed by atoms with E-state index in [-0.39, 0.29) is 24.5 Å². The van der Waals surface area contributed by atoms with Gasteiger partial charge in [-0.2, -0.15) is 0 Å². The maximum absolute atomic E-state index is 12.3. The zero-order valence-corrected chi connectivity index (χ0v) is 11.6. The van der Waals surface area contributed by atoms with E-state index < -0.39 is 6.09 Å². The highest BCUT2D eigenvalue weighted by molar-refractivity contribution is 5.94. The van der Waals surface area contributed by atoms with Crippen LogP contribution in [-0.2, 0) is 16.0 Å². The van der Waals surface area contributed by atoms with Crippen molar-refractivity contribution in [1.29, 1.82) is 0 Å². The molecular weight excluding hydrogens is 256 g/mol. The summed E-state index contributed by atoms with van der Waals surface area (Å²) in [5.74, 6) is -0.456. The lowest BCUT2D eigenvalue weighted by molar-refractivity contribution is -0.133. The average Bonchev–Trinajstić information content (AvgIpc) is 2.80. The molecule has 2 atom stereocenters. The molecule has 0 radical (unpaired) electrons. The number of cyclic esters (lactones) is 1. The second-order valence-corrected chi connectivity index (χ2v) is 5.11. The molecule has 1 fully saturated rings. The number of carbonyl (C=O) groups excluding carboxylic acids is 2. The largest absolute Gasteiger partial charge is 0.447 e. The zero-order chi connectivity index (χ0) is 14.5. The van der Waals surface area contributed by atoms with Crippen molar-refractivity contribution in [3.8, 4) is 0 Å². The van der Waals surface area contributed by atoms with E-state index in [1.54, 1.807) is 6.92 Å². The fourth-order valence-electron chi connectivity index (χ4n) is 2.38. The average molecular weight is 276 g/mol. The number of hydrogen-bond acceptors (Lipinski definition) is 4. The predicted octanol–water partition coefficient (Wildman–Crippen LogP) is 1.56. The van der Waals surface area contributed by atoms with Crippen LogP contribution in [0.15, 0.2) is 30.3 Å². The van der Waals surface area contributed by atoms with E-state index in [9.17, 15) is 9.59 Å². The van der Waals surface area contributed by atoms with Gasteiger partial charge in [0.25, 0.3) is 0 Å². The number of carbonyl (C=O) groups is 2. The minimum absolute atomic E-state index is 0.195. The van der Waals surface area contributed by atoms with Crippen LogP contribution in [0, 0.1) is 5.92 Å². The SMILES string of the molecule is C[C@H](CCN)C(=O)N1C(=O)OC[C@H]1Cc1ccccc1. The summed E-state index contributed by atoms with van der Waals surface area (Å²) in [6, 6.07) is 9.56. The van der Waals surface area contributed by atoms with Crippen molar-refractivity contribution < 1.29 is 14.3 Å². The van der Waals surface area contributed by atoms with Crippen LogP contribution in [-0.4, -0.2) is 36.1 Å².